The molecule has 0 saturated carbocycles. The minimum absolute atomic E-state index is 0.145. The number of sulfonamides is 1. The molecule has 12 heteroatoms. The highest BCUT2D eigenvalue weighted by Crippen LogP contribution is 2.44. The molecule has 3 aliphatic heterocycles. The summed E-state index contributed by atoms with van der Waals surface area (Å²) in [7, 11) is -7.55. The van der Waals surface area contributed by atoms with Gasteiger partial charge in [0.1, 0.15) is 6.10 Å². The van der Waals surface area contributed by atoms with E-state index in [0.29, 0.717) is 19.3 Å². The van der Waals surface area contributed by atoms with Crippen LogP contribution in [0.2, 0.25) is 5.02 Å². The number of sulfone groups is 1. The molecule has 1 spiro atoms. The van der Waals surface area contributed by atoms with Gasteiger partial charge in [-0.15, -0.1) is 0 Å². The molecule has 9 nitrogen and oxygen atoms in total. The number of benzene rings is 1. The van der Waals surface area contributed by atoms with Crippen LogP contribution in [-0.2, 0) is 29.4 Å². The first kappa shape index (κ1) is 25.7. The number of cyclic esters (lactones) is 1. The van der Waals surface area contributed by atoms with Gasteiger partial charge in [-0.05, 0) is 43.5 Å². The van der Waals surface area contributed by atoms with E-state index in [-0.39, 0.29) is 25.2 Å². The first-order chi connectivity index (χ1) is 16.0. The number of hydrogen-bond donors (Lipinski definition) is 0. The topological polar surface area (TPSA) is 104 Å². The van der Waals surface area contributed by atoms with Crippen molar-refractivity contribution < 1.29 is 26.4 Å². The van der Waals surface area contributed by atoms with Crippen LogP contribution in [0.4, 0.5) is 5.69 Å². The number of anilines is 1. The average Bonchev–Trinajstić information content (AvgIpc) is 3.06. The number of nitrogens with zero attached hydrogens (tertiary/aromatic N) is 3. The van der Waals surface area contributed by atoms with E-state index in [1.165, 1.54) is 9.99 Å². The fourth-order valence-corrected chi connectivity index (χ4v) is 8.78. The third-order valence-corrected chi connectivity index (χ3v) is 11.4. The molecule has 190 valence electrons. The highest BCUT2D eigenvalue weighted by atomic mass is 35.5. The van der Waals surface area contributed by atoms with E-state index in [4.69, 9.17) is 16.3 Å². The van der Waals surface area contributed by atoms with Crippen LogP contribution in [0.25, 0.3) is 0 Å². The monoisotopic (exact) mass is 533 g/mol. The van der Waals surface area contributed by atoms with Crippen LogP contribution in [0.15, 0.2) is 24.3 Å². The van der Waals surface area contributed by atoms with Gasteiger partial charge in [-0.2, -0.15) is 0 Å². The van der Waals surface area contributed by atoms with Crippen LogP contribution in [0.5, 0.6) is 0 Å². The molecule has 0 amide bonds. The lowest BCUT2D eigenvalue weighted by atomic mass is 9.76. The maximum atomic E-state index is 12.7. The molecule has 1 aromatic carbocycles. The van der Waals surface area contributed by atoms with Crippen molar-refractivity contribution >= 4 is 43.1 Å². The molecule has 34 heavy (non-hydrogen) atoms. The van der Waals surface area contributed by atoms with Crippen molar-refractivity contribution in [2.45, 2.75) is 31.8 Å². The Morgan fingerprint density at radius 1 is 1.00 bits per heavy atom. The Morgan fingerprint density at radius 3 is 2.21 bits per heavy atom. The molecule has 0 aromatic heterocycles. The zero-order valence-corrected chi connectivity index (χ0v) is 21.7. The maximum Gasteiger partial charge on any atom is 0.312 e. The molecule has 4 rings (SSSR count). The highest BCUT2D eigenvalue weighted by molar-refractivity contribution is 8.06. The van der Waals surface area contributed by atoms with E-state index in [1.54, 1.807) is 0 Å². The number of carbonyl (C=O) groups excluding carboxylic acids is 1. The molecule has 3 heterocycles. The largest absolute Gasteiger partial charge is 0.462 e. The summed E-state index contributed by atoms with van der Waals surface area (Å²) in [6.07, 6.45) is 2.82. The fraction of sp³-hybridized carbons (Fsp3) is 0.682. The van der Waals surface area contributed by atoms with Gasteiger partial charge in [0.25, 0.3) is 0 Å². The second-order valence-electron chi connectivity index (χ2n) is 9.66. The minimum Gasteiger partial charge on any atom is -0.462 e. The number of halogens is 1. The van der Waals surface area contributed by atoms with Gasteiger partial charge in [-0.3, -0.25) is 9.69 Å². The summed E-state index contributed by atoms with van der Waals surface area (Å²) in [5, 5.41) is -0.168. The predicted octanol–water partition coefficient (Wildman–Crippen LogP) is 1.58. The lowest BCUT2D eigenvalue weighted by Crippen LogP contribution is -2.47. The summed E-state index contributed by atoms with van der Waals surface area (Å²) in [6, 6.07) is 7.87. The molecular weight excluding hydrogens is 502 g/mol. The Hall–Kier alpha value is -1.40. The molecule has 3 aliphatic rings. The molecule has 3 fully saturated rings. The first-order valence-corrected chi connectivity index (χ1v) is 15.6. The lowest BCUT2D eigenvalue weighted by Gasteiger charge is -2.36. The summed E-state index contributed by atoms with van der Waals surface area (Å²) in [6.45, 7) is 4.85. The molecule has 1 atom stereocenters. The van der Waals surface area contributed by atoms with Crippen LogP contribution >= 0.6 is 11.6 Å². The quantitative estimate of drug-likeness (QED) is 0.487. The normalized spacial score (nSPS) is 24.5. The van der Waals surface area contributed by atoms with Gasteiger partial charge in [-0.25, -0.2) is 21.1 Å². The zero-order valence-electron chi connectivity index (χ0n) is 19.4. The van der Waals surface area contributed by atoms with Crippen molar-refractivity contribution in [1.29, 1.82) is 0 Å². The van der Waals surface area contributed by atoms with Crippen molar-refractivity contribution in [2.24, 2.45) is 5.41 Å². The number of hydrogen-bond acceptors (Lipinski definition) is 8. The van der Waals surface area contributed by atoms with Crippen molar-refractivity contribution in [3.63, 3.8) is 0 Å². The number of carbonyl (C=O) groups is 1. The summed E-state index contributed by atoms with van der Waals surface area (Å²) >= 11 is 5.98. The maximum absolute atomic E-state index is 12.7. The molecule has 1 aromatic rings. The van der Waals surface area contributed by atoms with Crippen LogP contribution in [0.1, 0.15) is 25.7 Å². The third kappa shape index (κ3) is 6.04. The van der Waals surface area contributed by atoms with Crippen molar-refractivity contribution in [2.75, 3.05) is 62.1 Å². The van der Waals surface area contributed by atoms with Gasteiger partial charge < -0.3 is 9.64 Å². The Balaban J connectivity index is 1.24. The molecule has 0 aliphatic carbocycles. The van der Waals surface area contributed by atoms with E-state index in [1.807, 2.05) is 24.3 Å². The van der Waals surface area contributed by atoms with Gasteiger partial charge >= 0.3 is 5.97 Å². The summed E-state index contributed by atoms with van der Waals surface area (Å²) in [4.78, 5) is 17.4. The van der Waals surface area contributed by atoms with Crippen LogP contribution in [0, 0.1) is 5.41 Å². The second kappa shape index (κ2) is 9.93. The Bertz CT molecular complexity index is 1090. The summed E-state index contributed by atoms with van der Waals surface area (Å²) in [5.41, 5.74) is 0.510. The standard InChI is InChI=1S/C22H32ClN3O6S2/c1-33(28,29)17-34(30,31)26-10-7-22(8-11-26)16-20(32-21(22)27)6-9-24-12-14-25(15-13-24)19-4-2-18(23)3-5-19/h2-5,20H,6-17H2,1H3. The zero-order chi connectivity index (χ0) is 24.6. The molecule has 0 N–H and O–H groups in total. The van der Waals surface area contributed by atoms with E-state index < -0.39 is 30.4 Å². The number of ether oxygens (including phenoxy) is 1. The van der Waals surface area contributed by atoms with Crippen LogP contribution < -0.4 is 4.90 Å². The third-order valence-electron chi connectivity index (χ3n) is 7.09. The summed E-state index contributed by atoms with van der Waals surface area (Å²) < 4.78 is 54.5. The van der Waals surface area contributed by atoms with Gasteiger partial charge in [0, 0.05) is 69.2 Å². The van der Waals surface area contributed by atoms with Gasteiger partial charge in [0.2, 0.25) is 10.0 Å². The predicted molar refractivity (Wildman–Crippen MR) is 131 cm³/mol. The Labute approximate surface area is 206 Å². The Kier molecular flexibility index (Phi) is 7.50. The van der Waals surface area contributed by atoms with Crippen LogP contribution in [0.3, 0.4) is 0 Å². The number of piperazine rings is 1. The van der Waals surface area contributed by atoms with Gasteiger partial charge in [-0.1, -0.05) is 11.6 Å². The van der Waals surface area contributed by atoms with Crippen molar-refractivity contribution in [3.05, 3.63) is 29.3 Å². The summed E-state index contributed by atoms with van der Waals surface area (Å²) in [5.74, 6) is -0.245. The van der Waals surface area contributed by atoms with E-state index in [2.05, 4.69) is 9.80 Å². The molecule has 3 saturated heterocycles. The second-order valence-corrected chi connectivity index (χ2v) is 14.6. The Morgan fingerprint density at radius 2 is 1.62 bits per heavy atom. The van der Waals surface area contributed by atoms with E-state index in [0.717, 1.165) is 50.4 Å². The molecule has 0 bridgehead atoms. The number of esters is 1. The van der Waals surface area contributed by atoms with E-state index in [9.17, 15) is 21.6 Å². The SMILES string of the molecule is CS(=O)(=O)CS(=O)(=O)N1CCC2(CC1)CC(CCN1CCN(c3ccc(Cl)cc3)CC1)OC2=O. The number of rotatable bonds is 7. The molecular formula is C22H32ClN3O6S2. The van der Waals surface area contributed by atoms with E-state index >= 15 is 0 Å². The smallest absolute Gasteiger partial charge is 0.312 e. The van der Waals surface area contributed by atoms with Gasteiger partial charge in [0.15, 0.2) is 14.9 Å². The van der Waals surface area contributed by atoms with Crippen LogP contribution in [-0.4, -0.2) is 95.3 Å². The molecule has 0 radical (unpaired) electrons. The fourth-order valence-electron chi connectivity index (χ4n) is 5.15. The van der Waals surface area contributed by atoms with Gasteiger partial charge in [0.05, 0.1) is 5.41 Å². The van der Waals surface area contributed by atoms with Crippen molar-refractivity contribution in [3.8, 4) is 0 Å². The number of piperidine rings is 1. The lowest BCUT2D eigenvalue weighted by molar-refractivity contribution is -0.150. The molecule has 1 unspecified atom stereocenters. The first-order valence-electron chi connectivity index (χ1n) is 11.6. The highest BCUT2D eigenvalue weighted by Gasteiger charge is 2.51. The van der Waals surface area contributed by atoms with Crippen molar-refractivity contribution in [1.82, 2.24) is 9.21 Å². The minimum atomic E-state index is -3.89. The average molecular weight is 534 g/mol.